The summed E-state index contributed by atoms with van der Waals surface area (Å²) in [6.07, 6.45) is 0. The number of benzene rings is 3. The van der Waals surface area contributed by atoms with Gasteiger partial charge < -0.3 is 9.94 Å². The second kappa shape index (κ2) is 8.52. The van der Waals surface area contributed by atoms with Gasteiger partial charge in [-0.1, -0.05) is 78.4 Å². The second-order valence-electron chi connectivity index (χ2n) is 6.43. The quantitative estimate of drug-likeness (QED) is 0.661. The maximum atomic E-state index is 12.5. The van der Waals surface area contributed by atoms with E-state index in [0.29, 0.717) is 11.3 Å². The SMILES string of the molecule is CC(=O)N(Oc1ccccc1CO)C(c1ccccc1)c1ccc(C)cc1. The molecule has 0 spiro atoms. The van der Waals surface area contributed by atoms with Crippen LogP contribution in [0, 0.1) is 6.92 Å². The fraction of sp³-hybridized carbons (Fsp3) is 0.174. The van der Waals surface area contributed by atoms with E-state index in [2.05, 4.69) is 0 Å². The third kappa shape index (κ3) is 4.36. The van der Waals surface area contributed by atoms with Gasteiger partial charge in [0.25, 0.3) is 5.91 Å². The normalized spacial score (nSPS) is 11.7. The highest BCUT2D eigenvalue weighted by Crippen LogP contribution is 2.31. The van der Waals surface area contributed by atoms with Gasteiger partial charge in [-0.25, -0.2) is 0 Å². The lowest BCUT2D eigenvalue weighted by atomic mass is 9.97. The number of hydrogen-bond acceptors (Lipinski definition) is 3. The van der Waals surface area contributed by atoms with E-state index in [1.807, 2.05) is 73.7 Å². The Labute approximate surface area is 159 Å². The van der Waals surface area contributed by atoms with Crippen molar-refractivity contribution >= 4 is 5.91 Å². The summed E-state index contributed by atoms with van der Waals surface area (Å²) in [4.78, 5) is 18.6. The van der Waals surface area contributed by atoms with Crippen LogP contribution in [0.4, 0.5) is 0 Å². The minimum Gasteiger partial charge on any atom is -0.392 e. The van der Waals surface area contributed by atoms with Crippen LogP contribution in [0.1, 0.15) is 35.2 Å². The Kier molecular flexibility index (Phi) is 5.89. The molecule has 4 nitrogen and oxygen atoms in total. The number of amides is 1. The van der Waals surface area contributed by atoms with Crippen molar-refractivity contribution in [3.63, 3.8) is 0 Å². The van der Waals surface area contributed by atoms with Gasteiger partial charge in [0, 0.05) is 12.5 Å². The van der Waals surface area contributed by atoms with Gasteiger partial charge in [-0.3, -0.25) is 4.79 Å². The molecule has 3 rings (SSSR count). The van der Waals surface area contributed by atoms with Crippen molar-refractivity contribution in [3.05, 3.63) is 101 Å². The van der Waals surface area contributed by atoms with E-state index >= 15 is 0 Å². The first kappa shape index (κ1) is 18.7. The van der Waals surface area contributed by atoms with E-state index < -0.39 is 6.04 Å². The number of aliphatic hydroxyl groups excluding tert-OH is 1. The molecule has 0 bridgehead atoms. The third-order valence-corrected chi connectivity index (χ3v) is 4.39. The van der Waals surface area contributed by atoms with Crippen LogP contribution in [0.15, 0.2) is 78.9 Å². The largest absolute Gasteiger partial charge is 0.392 e. The zero-order valence-corrected chi connectivity index (χ0v) is 15.5. The van der Waals surface area contributed by atoms with Crippen molar-refractivity contribution in [3.8, 4) is 5.75 Å². The van der Waals surface area contributed by atoms with Crippen LogP contribution in [0.25, 0.3) is 0 Å². The van der Waals surface area contributed by atoms with Crippen molar-refractivity contribution in [2.45, 2.75) is 26.5 Å². The van der Waals surface area contributed by atoms with Crippen LogP contribution in [0.2, 0.25) is 0 Å². The van der Waals surface area contributed by atoms with Crippen molar-refractivity contribution in [2.24, 2.45) is 0 Å². The van der Waals surface area contributed by atoms with Gasteiger partial charge in [-0.2, -0.15) is 5.06 Å². The molecule has 0 aliphatic heterocycles. The van der Waals surface area contributed by atoms with Crippen molar-refractivity contribution in [1.29, 1.82) is 0 Å². The third-order valence-electron chi connectivity index (χ3n) is 4.39. The zero-order valence-electron chi connectivity index (χ0n) is 15.5. The maximum absolute atomic E-state index is 12.5. The standard InChI is InChI=1S/C23H23NO3/c1-17-12-14-20(15-13-17)23(19-8-4-3-5-9-19)24(18(2)26)27-22-11-7-6-10-21(22)16-25/h3-15,23,25H,16H2,1-2H3. The Morgan fingerprint density at radius 2 is 1.52 bits per heavy atom. The number of nitrogens with zero attached hydrogens (tertiary/aromatic N) is 1. The van der Waals surface area contributed by atoms with E-state index in [1.165, 1.54) is 12.0 Å². The molecule has 1 N–H and O–H groups in total. The lowest BCUT2D eigenvalue weighted by Crippen LogP contribution is -2.37. The van der Waals surface area contributed by atoms with Crippen molar-refractivity contribution in [1.82, 2.24) is 5.06 Å². The number of aliphatic hydroxyl groups is 1. The molecular formula is C23H23NO3. The van der Waals surface area contributed by atoms with E-state index in [-0.39, 0.29) is 12.5 Å². The van der Waals surface area contributed by atoms with Gasteiger partial charge >= 0.3 is 0 Å². The number of hydroxylamine groups is 2. The summed E-state index contributed by atoms with van der Waals surface area (Å²) in [5, 5.41) is 11.0. The molecule has 1 atom stereocenters. The molecule has 0 radical (unpaired) electrons. The Balaban J connectivity index is 2.06. The van der Waals surface area contributed by atoms with E-state index in [0.717, 1.165) is 16.7 Å². The summed E-state index contributed by atoms with van der Waals surface area (Å²) in [5.74, 6) is 0.236. The molecule has 3 aromatic rings. The molecule has 0 saturated carbocycles. The monoisotopic (exact) mass is 361 g/mol. The molecule has 1 unspecified atom stereocenters. The lowest BCUT2D eigenvalue weighted by Gasteiger charge is -2.31. The summed E-state index contributed by atoms with van der Waals surface area (Å²) >= 11 is 0. The van der Waals surface area contributed by atoms with Gasteiger partial charge in [-0.05, 0) is 24.1 Å². The topological polar surface area (TPSA) is 49.8 Å². The first-order valence-corrected chi connectivity index (χ1v) is 8.88. The number of aryl methyl sites for hydroxylation is 1. The Morgan fingerprint density at radius 1 is 0.926 bits per heavy atom. The summed E-state index contributed by atoms with van der Waals surface area (Å²) in [6.45, 7) is 3.34. The molecule has 0 fully saturated rings. The number of carbonyl (C=O) groups excluding carboxylic acids is 1. The molecule has 138 valence electrons. The predicted molar refractivity (Wildman–Crippen MR) is 105 cm³/mol. The van der Waals surface area contributed by atoms with Crippen LogP contribution in [-0.4, -0.2) is 16.1 Å². The molecule has 0 aliphatic carbocycles. The molecule has 1 amide bonds. The van der Waals surface area contributed by atoms with Crippen LogP contribution < -0.4 is 4.84 Å². The minimum absolute atomic E-state index is 0.164. The first-order valence-electron chi connectivity index (χ1n) is 8.88. The van der Waals surface area contributed by atoms with Gasteiger partial charge in [-0.15, -0.1) is 0 Å². The molecule has 3 aromatic carbocycles. The van der Waals surface area contributed by atoms with Gasteiger partial charge in [0.05, 0.1) is 6.61 Å². The average Bonchev–Trinajstić information content (AvgIpc) is 2.70. The van der Waals surface area contributed by atoms with Crippen LogP contribution >= 0.6 is 0 Å². The molecule has 0 saturated heterocycles. The summed E-state index contributed by atoms with van der Waals surface area (Å²) < 4.78 is 0. The highest BCUT2D eigenvalue weighted by molar-refractivity contribution is 5.73. The summed E-state index contributed by atoms with van der Waals surface area (Å²) in [5.41, 5.74) is 3.66. The second-order valence-corrected chi connectivity index (χ2v) is 6.43. The Hall–Kier alpha value is -3.11. The summed E-state index contributed by atoms with van der Waals surface area (Å²) in [6, 6.07) is 24.6. The smallest absolute Gasteiger partial charge is 0.252 e. The van der Waals surface area contributed by atoms with E-state index in [1.54, 1.807) is 12.1 Å². The van der Waals surface area contributed by atoms with Crippen molar-refractivity contribution in [2.75, 3.05) is 0 Å². The predicted octanol–water partition coefficient (Wildman–Crippen LogP) is 4.42. The number of rotatable bonds is 6. The number of hydrogen-bond donors (Lipinski definition) is 1. The molecule has 4 heteroatoms. The highest BCUT2D eigenvalue weighted by atomic mass is 16.7. The molecule has 0 aromatic heterocycles. The fourth-order valence-corrected chi connectivity index (χ4v) is 2.98. The van der Waals surface area contributed by atoms with Crippen LogP contribution in [0.3, 0.4) is 0 Å². The van der Waals surface area contributed by atoms with Crippen molar-refractivity contribution < 1.29 is 14.7 Å². The minimum atomic E-state index is -0.406. The molecule has 0 aliphatic rings. The number of carbonyl (C=O) groups is 1. The van der Waals surface area contributed by atoms with Gasteiger partial charge in [0.2, 0.25) is 0 Å². The Morgan fingerprint density at radius 3 is 2.15 bits per heavy atom. The van der Waals surface area contributed by atoms with E-state index in [4.69, 9.17) is 4.84 Å². The first-order chi connectivity index (χ1) is 13.1. The molecule has 27 heavy (non-hydrogen) atoms. The lowest BCUT2D eigenvalue weighted by molar-refractivity contribution is -0.161. The van der Waals surface area contributed by atoms with E-state index in [9.17, 15) is 9.90 Å². The van der Waals surface area contributed by atoms with Gasteiger partial charge in [0.1, 0.15) is 6.04 Å². The average molecular weight is 361 g/mol. The summed E-state index contributed by atoms with van der Waals surface area (Å²) in [7, 11) is 0. The zero-order chi connectivity index (χ0) is 19.2. The van der Waals surface area contributed by atoms with Gasteiger partial charge in [0.15, 0.2) is 5.75 Å². The van der Waals surface area contributed by atoms with Crippen LogP contribution in [0.5, 0.6) is 5.75 Å². The highest BCUT2D eigenvalue weighted by Gasteiger charge is 2.27. The molecular weight excluding hydrogens is 338 g/mol. The van der Waals surface area contributed by atoms with Crippen LogP contribution in [-0.2, 0) is 11.4 Å². The number of para-hydroxylation sites is 1. The maximum Gasteiger partial charge on any atom is 0.252 e. The Bertz CT molecular complexity index is 891. The molecule has 0 heterocycles. The fourth-order valence-electron chi connectivity index (χ4n) is 2.98.